The topological polar surface area (TPSA) is 18.5 Å². The van der Waals surface area contributed by atoms with E-state index < -0.39 is 5.60 Å². The van der Waals surface area contributed by atoms with Crippen LogP contribution in [-0.4, -0.2) is 26.7 Å². The summed E-state index contributed by atoms with van der Waals surface area (Å²) in [6.45, 7) is 19.0. The van der Waals surface area contributed by atoms with Crippen molar-refractivity contribution in [1.82, 2.24) is 0 Å². The summed E-state index contributed by atoms with van der Waals surface area (Å²) in [6.07, 6.45) is 0. The third kappa shape index (κ3) is 4.03. The third-order valence-electron chi connectivity index (χ3n) is 4.95. The Hall–Kier alpha value is 0.0499. The van der Waals surface area contributed by atoms with Crippen LogP contribution < -0.4 is 0 Å². The summed E-state index contributed by atoms with van der Waals surface area (Å²) in [6, 6.07) is 0. The Balaban J connectivity index is 4.64. The molecule has 0 unspecified atom stereocenters. The van der Waals surface area contributed by atoms with Crippen LogP contribution in [0.2, 0.25) is 5.82 Å². The summed E-state index contributed by atoms with van der Waals surface area (Å²) >= 11 is 0. The molecule has 0 bridgehead atoms. The van der Waals surface area contributed by atoms with Gasteiger partial charge in [0.1, 0.15) is 0 Å². The zero-order valence-corrected chi connectivity index (χ0v) is 13.6. The SMILES string of the molecule is [B]OC(C)(C)C(C)(C)[C@@H](C)[B]OC(C)(C)C(C)C. The van der Waals surface area contributed by atoms with Gasteiger partial charge in [0.15, 0.2) is 0 Å². The lowest BCUT2D eigenvalue weighted by molar-refractivity contribution is -0.0136. The molecule has 0 rings (SSSR count). The van der Waals surface area contributed by atoms with Gasteiger partial charge < -0.3 is 9.31 Å². The highest BCUT2D eigenvalue weighted by Gasteiger charge is 2.42. The first kappa shape index (κ1) is 18.0. The molecule has 3 radical (unpaired) electrons. The van der Waals surface area contributed by atoms with Gasteiger partial charge in [0.05, 0.1) is 0 Å². The molecule has 0 spiro atoms. The summed E-state index contributed by atoms with van der Waals surface area (Å²) in [7, 11) is 7.34. The van der Waals surface area contributed by atoms with Crippen LogP contribution in [-0.2, 0) is 9.31 Å². The Kier molecular flexibility index (Phi) is 6.02. The van der Waals surface area contributed by atoms with Crippen LogP contribution in [0.5, 0.6) is 0 Å². The fourth-order valence-corrected chi connectivity index (χ4v) is 1.28. The molecule has 0 fully saturated rings. The van der Waals surface area contributed by atoms with Crippen molar-refractivity contribution >= 4 is 15.5 Å². The number of hydrogen-bond acceptors (Lipinski definition) is 2. The van der Waals surface area contributed by atoms with Crippen LogP contribution >= 0.6 is 0 Å². The molecule has 0 N–H and O–H groups in total. The van der Waals surface area contributed by atoms with Crippen molar-refractivity contribution < 1.29 is 9.31 Å². The van der Waals surface area contributed by atoms with E-state index in [4.69, 9.17) is 17.4 Å². The summed E-state index contributed by atoms with van der Waals surface area (Å²) in [5.41, 5.74) is -0.679. The van der Waals surface area contributed by atoms with Crippen LogP contribution in [0.1, 0.15) is 62.3 Å². The maximum atomic E-state index is 5.96. The lowest BCUT2D eigenvalue weighted by Crippen LogP contribution is -2.46. The minimum Gasteiger partial charge on any atom is -0.442 e. The molecule has 0 aromatic rings. The second-order valence-corrected chi connectivity index (χ2v) is 7.15. The number of rotatable bonds is 7. The van der Waals surface area contributed by atoms with Gasteiger partial charge in [-0.3, -0.25) is 0 Å². The van der Waals surface area contributed by atoms with E-state index in [1.165, 1.54) is 0 Å². The monoisotopic (exact) mass is 251 g/mol. The minimum atomic E-state index is -0.408. The zero-order chi connectivity index (χ0) is 14.8. The molecule has 0 saturated carbocycles. The van der Waals surface area contributed by atoms with E-state index in [0.717, 1.165) is 0 Å². The Morgan fingerprint density at radius 1 is 0.944 bits per heavy atom. The molecule has 4 heteroatoms. The Morgan fingerprint density at radius 2 is 1.39 bits per heavy atom. The van der Waals surface area contributed by atoms with Crippen molar-refractivity contribution in [1.29, 1.82) is 0 Å². The molecule has 2 nitrogen and oxygen atoms in total. The summed E-state index contributed by atoms with van der Waals surface area (Å²) < 4.78 is 11.1. The Bertz CT molecular complexity index is 261. The second kappa shape index (κ2) is 6.00. The molecule has 1 atom stereocenters. The van der Waals surface area contributed by atoms with Gasteiger partial charge in [-0.1, -0.05) is 34.6 Å². The molecule has 0 amide bonds. The van der Waals surface area contributed by atoms with Crippen LogP contribution in [0, 0.1) is 11.3 Å². The maximum Gasteiger partial charge on any atom is 0.296 e. The van der Waals surface area contributed by atoms with E-state index in [1.54, 1.807) is 0 Å². The normalized spacial score (nSPS) is 15.9. The standard InChI is InChI=1S/C14H29B2O2/c1-10(2)13(6,7)18-16-11(3)12(4,5)14(8,9)17-15/h10-11H,1-9H3/t11-/m1/s1. The van der Waals surface area contributed by atoms with Gasteiger partial charge in [0, 0.05) is 11.2 Å². The van der Waals surface area contributed by atoms with E-state index in [0.29, 0.717) is 5.92 Å². The molecule has 0 aromatic heterocycles. The third-order valence-corrected chi connectivity index (χ3v) is 4.95. The first-order valence-electron chi connectivity index (χ1n) is 6.77. The Labute approximate surface area is 116 Å². The fraction of sp³-hybridized carbons (Fsp3) is 1.00. The van der Waals surface area contributed by atoms with Gasteiger partial charge in [0.25, 0.3) is 15.5 Å². The smallest absolute Gasteiger partial charge is 0.296 e. The van der Waals surface area contributed by atoms with Gasteiger partial charge in [-0.05, 0) is 44.8 Å². The van der Waals surface area contributed by atoms with Crippen molar-refractivity contribution in [2.45, 2.75) is 79.3 Å². The first-order valence-corrected chi connectivity index (χ1v) is 6.77. The summed E-state index contributed by atoms with van der Waals surface area (Å²) in [5, 5.41) is 0. The largest absolute Gasteiger partial charge is 0.442 e. The molecular weight excluding hydrogens is 222 g/mol. The van der Waals surface area contributed by atoms with Crippen molar-refractivity contribution in [2.75, 3.05) is 0 Å². The maximum absolute atomic E-state index is 5.96. The number of hydrogen-bond donors (Lipinski definition) is 0. The van der Waals surface area contributed by atoms with Gasteiger partial charge in [-0.2, -0.15) is 0 Å². The van der Waals surface area contributed by atoms with Gasteiger partial charge in [-0.15, -0.1) is 0 Å². The van der Waals surface area contributed by atoms with Crippen molar-refractivity contribution in [3.8, 4) is 0 Å². The quantitative estimate of drug-likeness (QED) is 0.641. The first-order chi connectivity index (χ1) is 7.88. The van der Waals surface area contributed by atoms with E-state index in [9.17, 15) is 0 Å². The van der Waals surface area contributed by atoms with Gasteiger partial charge >= 0.3 is 0 Å². The predicted molar refractivity (Wildman–Crippen MR) is 79.9 cm³/mol. The van der Waals surface area contributed by atoms with Gasteiger partial charge in [0.2, 0.25) is 0 Å². The lowest BCUT2D eigenvalue weighted by Gasteiger charge is -2.46. The minimum absolute atomic E-state index is 0.116. The van der Waals surface area contributed by atoms with Gasteiger partial charge in [-0.25, -0.2) is 0 Å². The van der Waals surface area contributed by atoms with E-state index in [-0.39, 0.29) is 16.8 Å². The fourth-order valence-electron chi connectivity index (χ4n) is 1.28. The Morgan fingerprint density at radius 3 is 1.72 bits per heavy atom. The van der Waals surface area contributed by atoms with Crippen LogP contribution in [0.4, 0.5) is 0 Å². The molecule has 0 aliphatic carbocycles. The van der Waals surface area contributed by atoms with E-state index >= 15 is 0 Å². The predicted octanol–water partition coefficient (Wildman–Crippen LogP) is 3.77. The average molecular weight is 251 g/mol. The highest BCUT2D eigenvalue weighted by Crippen LogP contribution is 2.43. The van der Waals surface area contributed by atoms with Crippen LogP contribution in [0.15, 0.2) is 0 Å². The highest BCUT2D eigenvalue weighted by molar-refractivity contribution is 6.30. The van der Waals surface area contributed by atoms with E-state index in [2.05, 4.69) is 48.5 Å². The summed E-state index contributed by atoms with van der Waals surface area (Å²) in [5.74, 6) is 0.692. The highest BCUT2D eigenvalue weighted by atomic mass is 16.5. The van der Waals surface area contributed by atoms with E-state index in [1.807, 2.05) is 21.3 Å². The molecule has 0 aromatic carbocycles. The zero-order valence-electron chi connectivity index (χ0n) is 13.6. The molecule has 0 saturated heterocycles. The molecule has 18 heavy (non-hydrogen) atoms. The molecule has 103 valence electrons. The lowest BCUT2D eigenvalue weighted by atomic mass is 9.57. The molecule has 0 aliphatic rings. The van der Waals surface area contributed by atoms with Crippen LogP contribution in [0.25, 0.3) is 0 Å². The molecular formula is C14H29B2O2. The van der Waals surface area contributed by atoms with Crippen molar-refractivity contribution in [2.24, 2.45) is 11.3 Å². The summed E-state index contributed by atoms with van der Waals surface area (Å²) in [4.78, 5) is 0. The molecule has 0 aliphatic heterocycles. The van der Waals surface area contributed by atoms with Crippen molar-refractivity contribution in [3.05, 3.63) is 0 Å². The molecule has 0 heterocycles. The van der Waals surface area contributed by atoms with Crippen molar-refractivity contribution in [3.63, 3.8) is 0 Å². The van der Waals surface area contributed by atoms with Crippen LogP contribution in [0.3, 0.4) is 0 Å². The second-order valence-electron chi connectivity index (χ2n) is 7.15. The average Bonchev–Trinajstić information content (AvgIpc) is 2.25.